The fraction of sp³-hybridized carbons (Fsp3) is 0.286. The first-order valence-electron chi connectivity index (χ1n) is 6.00. The lowest BCUT2D eigenvalue weighted by atomic mass is 10.1. The van der Waals surface area contributed by atoms with Crippen molar-refractivity contribution in [2.75, 3.05) is 19.7 Å². The standard InChI is InChI=1S/C14H15ClN2O3/c1-2-20-13(18)9-17-14(19)11-6-5-10(4-3-7-16)12(15)8-11/h5-6,8H,2,7,9,16H2,1H3,(H,17,19). The van der Waals surface area contributed by atoms with Gasteiger partial charge in [0.25, 0.3) is 5.91 Å². The van der Waals surface area contributed by atoms with Crippen molar-refractivity contribution in [3.63, 3.8) is 0 Å². The maximum atomic E-state index is 11.8. The second kappa shape index (κ2) is 8.20. The number of hydrogen-bond donors (Lipinski definition) is 2. The Morgan fingerprint density at radius 1 is 1.45 bits per heavy atom. The lowest BCUT2D eigenvalue weighted by molar-refractivity contribution is -0.141. The fourth-order valence-corrected chi connectivity index (χ4v) is 1.60. The molecule has 0 aliphatic heterocycles. The molecule has 0 atom stereocenters. The third-order valence-corrected chi connectivity index (χ3v) is 2.57. The second-order valence-electron chi connectivity index (χ2n) is 3.69. The predicted molar refractivity (Wildman–Crippen MR) is 76.4 cm³/mol. The lowest BCUT2D eigenvalue weighted by Gasteiger charge is -2.06. The quantitative estimate of drug-likeness (QED) is 0.640. The number of nitrogens with two attached hydrogens (primary N) is 1. The van der Waals surface area contributed by atoms with E-state index in [1.54, 1.807) is 19.1 Å². The first-order chi connectivity index (χ1) is 9.58. The summed E-state index contributed by atoms with van der Waals surface area (Å²) >= 11 is 6.01. The van der Waals surface area contributed by atoms with Crippen LogP contribution in [0.4, 0.5) is 0 Å². The zero-order chi connectivity index (χ0) is 15.0. The molecule has 1 aromatic rings. The summed E-state index contributed by atoms with van der Waals surface area (Å²) in [5, 5.41) is 2.80. The van der Waals surface area contributed by atoms with Crippen molar-refractivity contribution in [2.45, 2.75) is 6.92 Å². The van der Waals surface area contributed by atoms with Crippen LogP contribution in [0.5, 0.6) is 0 Å². The molecule has 0 aliphatic carbocycles. The Morgan fingerprint density at radius 3 is 2.80 bits per heavy atom. The van der Waals surface area contributed by atoms with Crippen molar-refractivity contribution in [2.24, 2.45) is 5.73 Å². The first-order valence-corrected chi connectivity index (χ1v) is 6.38. The van der Waals surface area contributed by atoms with Gasteiger partial charge in [0, 0.05) is 11.1 Å². The molecule has 0 aliphatic rings. The first kappa shape index (κ1) is 16.0. The number of ether oxygens (including phenoxy) is 1. The molecule has 6 heteroatoms. The number of halogens is 1. The zero-order valence-corrected chi connectivity index (χ0v) is 11.8. The molecule has 0 bridgehead atoms. The van der Waals surface area contributed by atoms with Crippen molar-refractivity contribution in [3.05, 3.63) is 34.3 Å². The highest BCUT2D eigenvalue weighted by Crippen LogP contribution is 2.16. The minimum absolute atomic E-state index is 0.182. The normalized spacial score (nSPS) is 9.35. The van der Waals surface area contributed by atoms with Gasteiger partial charge in [0.15, 0.2) is 0 Å². The van der Waals surface area contributed by atoms with E-state index in [4.69, 9.17) is 22.1 Å². The number of amides is 1. The molecule has 0 heterocycles. The summed E-state index contributed by atoms with van der Waals surface area (Å²) in [6.07, 6.45) is 0. The Kier molecular flexibility index (Phi) is 6.57. The van der Waals surface area contributed by atoms with Crippen LogP contribution in [0.1, 0.15) is 22.8 Å². The Bertz CT molecular complexity index is 561. The number of carbonyl (C=O) groups excluding carboxylic acids is 2. The predicted octanol–water partition coefficient (Wildman–Crippen LogP) is 0.943. The van der Waals surface area contributed by atoms with Crippen LogP contribution in [0, 0.1) is 11.8 Å². The van der Waals surface area contributed by atoms with E-state index >= 15 is 0 Å². The Morgan fingerprint density at radius 2 is 2.20 bits per heavy atom. The van der Waals surface area contributed by atoms with E-state index in [9.17, 15) is 9.59 Å². The summed E-state index contributed by atoms with van der Waals surface area (Å²) in [6, 6.07) is 4.69. The number of benzene rings is 1. The highest BCUT2D eigenvalue weighted by atomic mass is 35.5. The van der Waals surface area contributed by atoms with E-state index in [-0.39, 0.29) is 19.7 Å². The fourth-order valence-electron chi connectivity index (χ4n) is 1.37. The number of rotatable bonds is 4. The van der Waals surface area contributed by atoms with Gasteiger partial charge in [-0.2, -0.15) is 0 Å². The van der Waals surface area contributed by atoms with Gasteiger partial charge in [0.2, 0.25) is 0 Å². The van der Waals surface area contributed by atoms with E-state index in [1.807, 2.05) is 0 Å². The van der Waals surface area contributed by atoms with Crippen molar-refractivity contribution in [1.82, 2.24) is 5.32 Å². The molecule has 1 amide bonds. The van der Waals surface area contributed by atoms with Crippen LogP contribution in [0.2, 0.25) is 5.02 Å². The summed E-state index contributed by atoms with van der Waals surface area (Å²) in [4.78, 5) is 22.9. The van der Waals surface area contributed by atoms with Crippen LogP contribution in [0.3, 0.4) is 0 Å². The van der Waals surface area contributed by atoms with Crippen LogP contribution < -0.4 is 11.1 Å². The van der Waals surface area contributed by atoms with E-state index in [1.165, 1.54) is 6.07 Å². The van der Waals surface area contributed by atoms with Crippen molar-refractivity contribution < 1.29 is 14.3 Å². The molecule has 0 fully saturated rings. The molecule has 20 heavy (non-hydrogen) atoms. The Balaban J connectivity index is 2.70. The number of nitrogens with one attached hydrogen (secondary N) is 1. The molecule has 106 valence electrons. The molecule has 0 aromatic heterocycles. The highest BCUT2D eigenvalue weighted by molar-refractivity contribution is 6.32. The maximum absolute atomic E-state index is 11.8. The topological polar surface area (TPSA) is 81.4 Å². The van der Waals surface area contributed by atoms with Crippen LogP contribution >= 0.6 is 11.6 Å². The molecule has 1 aromatic carbocycles. The van der Waals surface area contributed by atoms with Crippen LogP contribution in [-0.2, 0) is 9.53 Å². The van der Waals surface area contributed by atoms with Crippen LogP contribution in [0.25, 0.3) is 0 Å². The van der Waals surface area contributed by atoms with E-state index in [0.29, 0.717) is 16.1 Å². The van der Waals surface area contributed by atoms with Crippen LogP contribution in [0.15, 0.2) is 18.2 Å². The monoisotopic (exact) mass is 294 g/mol. The SMILES string of the molecule is CCOC(=O)CNC(=O)c1ccc(C#CCN)c(Cl)c1. The molecule has 3 N–H and O–H groups in total. The minimum atomic E-state index is -0.489. The summed E-state index contributed by atoms with van der Waals surface area (Å²) in [5.74, 6) is 4.58. The Hall–Kier alpha value is -2.03. The molecular weight excluding hydrogens is 280 g/mol. The van der Waals surface area contributed by atoms with E-state index in [2.05, 4.69) is 17.2 Å². The molecule has 1 rings (SSSR count). The van der Waals surface area contributed by atoms with Gasteiger partial charge in [-0.25, -0.2) is 0 Å². The number of carbonyl (C=O) groups is 2. The summed E-state index contributed by atoms with van der Waals surface area (Å²) in [5.41, 5.74) is 6.21. The smallest absolute Gasteiger partial charge is 0.325 e. The van der Waals surface area contributed by atoms with Crippen molar-refractivity contribution in [3.8, 4) is 11.8 Å². The van der Waals surface area contributed by atoms with Gasteiger partial charge in [-0.15, -0.1) is 0 Å². The summed E-state index contributed by atoms with van der Waals surface area (Å²) in [7, 11) is 0. The van der Waals surface area contributed by atoms with Gasteiger partial charge < -0.3 is 15.8 Å². The summed E-state index contributed by atoms with van der Waals surface area (Å²) < 4.78 is 4.71. The van der Waals surface area contributed by atoms with Gasteiger partial charge in [0.1, 0.15) is 6.54 Å². The molecule has 0 saturated heterocycles. The average Bonchev–Trinajstić information content (AvgIpc) is 2.43. The second-order valence-corrected chi connectivity index (χ2v) is 4.10. The molecule has 0 saturated carbocycles. The molecule has 0 unspecified atom stereocenters. The third-order valence-electron chi connectivity index (χ3n) is 2.26. The minimum Gasteiger partial charge on any atom is -0.465 e. The Labute approximate surface area is 122 Å². The third kappa shape index (κ3) is 4.92. The summed E-state index contributed by atoms with van der Waals surface area (Å²) in [6.45, 7) is 2.02. The largest absolute Gasteiger partial charge is 0.465 e. The van der Waals surface area contributed by atoms with Gasteiger partial charge in [0.05, 0.1) is 18.2 Å². The van der Waals surface area contributed by atoms with E-state index < -0.39 is 11.9 Å². The zero-order valence-electron chi connectivity index (χ0n) is 11.0. The van der Waals surface area contributed by atoms with Gasteiger partial charge in [-0.1, -0.05) is 23.4 Å². The average molecular weight is 295 g/mol. The maximum Gasteiger partial charge on any atom is 0.325 e. The van der Waals surface area contributed by atoms with Crippen LogP contribution in [-0.4, -0.2) is 31.6 Å². The van der Waals surface area contributed by atoms with Gasteiger partial charge in [-0.05, 0) is 25.1 Å². The molecular formula is C14H15ClN2O3. The van der Waals surface area contributed by atoms with Crippen molar-refractivity contribution in [1.29, 1.82) is 0 Å². The lowest BCUT2D eigenvalue weighted by Crippen LogP contribution is -2.30. The van der Waals surface area contributed by atoms with Gasteiger partial charge >= 0.3 is 5.97 Å². The van der Waals surface area contributed by atoms with Gasteiger partial charge in [-0.3, -0.25) is 9.59 Å². The molecule has 0 spiro atoms. The van der Waals surface area contributed by atoms with E-state index in [0.717, 1.165) is 0 Å². The molecule has 5 nitrogen and oxygen atoms in total. The van der Waals surface area contributed by atoms with Crippen molar-refractivity contribution >= 4 is 23.5 Å². The number of hydrogen-bond acceptors (Lipinski definition) is 4. The number of esters is 1. The highest BCUT2D eigenvalue weighted by Gasteiger charge is 2.10. The molecule has 0 radical (unpaired) electrons.